The molecule has 0 atom stereocenters. The highest BCUT2D eigenvalue weighted by Gasteiger charge is 2.30. The summed E-state index contributed by atoms with van der Waals surface area (Å²) in [7, 11) is 3.08. The molecule has 1 aliphatic heterocycles. The molecule has 0 unspecified atom stereocenters. The average molecular weight is 534 g/mol. The third kappa shape index (κ3) is 5.77. The van der Waals surface area contributed by atoms with E-state index in [0.29, 0.717) is 43.9 Å². The Morgan fingerprint density at radius 2 is 2.00 bits per heavy atom. The molecule has 1 saturated heterocycles. The van der Waals surface area contributed by atoms with E-state index in [9.17, 15) is 20.0 Å². The van der Waals surface area contributed by atoms with Crippen molar-refractivity contribution < 1.29 is 24.2 Å². The van der Waals surface area contributed by atoms with Crippen LogP contribution in [0.5, 0.6) is 11.5 Å². The van der Waals surface area contributed by atoms with Crippen LogP contribution in [0.4, 0.5) is 5.69 Å². The van der Waals surface area contributed by atoms with Crippen LogP contribution in [0.1, 0.15) is 27.0 Å². The molecule has 1 N–H and O–H groups in total. The molecule has 3 aromatic rings. The molecule has 0 spiro atoms. The number of nitrogens with zero attached hydrogens (tertiary/aromatic N) is 3. The van der Waals surface area contributed by atoms with Gasteiger partial charge < -0.3 is 14.6 Å². The fourth-order valence-electron chi connectivity index (χ4n) is 3.49. The van der Waals surface area contributed by atoms with E-state index < -0.39 is 5.97 Å². The fourth-order valence-corrected chi connectivity index (χ4v) is 4.75. The Morgan fingerprint density at radius 1 is 1.22 bits per heavy atom. The van der Waals surface area contributed by atoms with Gasteiger partial charge in [-0.15, -0.1) is 0 Å². The predicted molar refractivity (Wildman–Crippen MR) is 142 cm³/mol. The summed E-state index contributed by atoms with van der Waals surface area (Å²) in [5, 5.41) is 19.2. The Kier molecular flexibility index (Phi) is 7.82. The van der Waals surface area contributed by atoms with Gasteiger partial charge in [0.25, 0.3) is 5.91 Å². The minimum Gasteiger partial charge on any atom is -0.493 e. The first-order chi connectivity index (χ1) is 17.8. The van der Waals surface area contributed by atoms with Crippen LogP contribution in [0, 0.1) is 11.3 Å². The molecule has 0 radical (unpaired) electrons. The van der Waals surface area contributed by atoms with Gasteiger partial charge in [0.2, 0.25) is 0 Å². The average Bonchev–Trinajstić information content (AvgIpc) is 3.15. The van der Waals surface area contributed by atoms with Gasteiger partial charge >= 0.3 is 5.97 Å². The number of hydrogen-bond acceptors (Lipinski definition) is 7. The fraction of sp³-hybridized carbons (Fsp3) is 0.111. The number of carboxylic acid groups (broad SMARTS) is 1. The van der Waals surface area contributed by atoms with Crippen molar-refractivity contribution in [2.24, 2.45) is 4.99 Å². The van der Waals surface area contributed by atoms with Crippen molar-refractivity contribution in [3.8, 4) is 17.6 Å². The van der Waals surface area contributed by atoms with E-state index in [1.807, 2.05) is 6.07 Å². The number of thioether (sulfide) groups is 1. The second-order valence-corrected chi connectivity index (χ2v) is 9.23. The number of ether oxygens (including phenoxy) is 2. The Labute approximate surface area is 222 Å². The van der Waals surface area contributed by atoms with E-state index >= 15 is 0 Å². The third-order valence-corrected chi connectivity index (χ3v) is 6.72. The van der Waals surface area contributed by atoms with Gasteiger partial charge in [-0.2, -0.15) is 5.26 Å². The molecule has 1 heterocycles. The molecule has 0 aliphatic carbocycles. The maximum atomic E-state index is 12.9. The Balaban J connectivity index is 1.58. The van der Waals surface area contributed by atoms with Crippen molar-refractivity contribution in [1.29, 1.82) is 5.26 Å². The molecular formula is C27H20ClN3O5S. The number of aliphatic imine (C=N–C) groups is 1. The maximum absolute atomic E-state index is 12.9. The summed E-state index contributed by atoms with van der Waals surface area (Å²) in [6.45, 7) is 0.127. The van der Waals surface area contributed by atoms with Crippen LogP contribution in [0.15, 0.2) is 70.6 Å². The van der Waals surface area contributed by atoms with Crippen LogP contribution >= 0.6 is 23.4 Å². The molecule has 0 aromatic heterocycles. The van der Waals surface area contributed by atoms with Gasteiger partial charge in [-0.25, -0.2) is 9.79 Å². The second-order valence-electron chi connectivity index (χ2n) is 7.82. The SMILES string of the molecule is COc1cc(C=C2SC(=Nc3cccc(C(=O)O)c3)N(C)C2=O)cc(Cl)c1OCc1ccccc1C#N. The number of rotatable bonds is 7. The second kappa shape index (κ2) is 11.2. The lowest BCUT2D eigenvalue weighted by molar-refractivity contribution is -0.121. The number of nitriles is 1. The molecule has 8 nitrogen and oxygen atoms in total. The van der Waals surface area contributed by atoms with Gasteiger partial charge in [0.1, 0.15) is 6.61 Å². The van der Waals surface area contributed by atoms with Crippen LogP contribution in [-0.4, -0.2) is 41.2 Å². The topological polar surface area (TPSA) is 112 Å². The zero-order valence-electron chi connectivity index (χ0n) is 19.8. The lowest BCUT2D eigenvalue weighted by Gasteiger charge is -2.14. The zero-order valence-corrected chi connectivity index (χ0v) is 21.3. The van der Waals surface area contributed by atoms with E-state index in [0.717, 1.165) is 11.8 Å². The number of methoxy groups -OCH3 is 1. The van der Waals surface area contributed by atoms with Crippen LogP contribution in [0.2, 0.25) is 5.02 Å². The lowest BCUT2D eigenvalue weighted by Crippen LogP contribution is -2.23. The number of amides is 1. The summed E-state index contributed by atoms with van der Waals surface area (Å²) < 4.78 is 11.4. The maximum Gasteiger partial charge on any atom is 0.335 e. The van der Waals surface area contributed by atoms with Gasteiger partial charge in [-0.05, 0) is 59.8 Å². The van der Waals surface area contributed by atoms with Crippen LogP contribution in [-0.2, 0) is 11.4 Å². The Bertz CT molecular complexity index is 1500. The molecule has 10 heteroatoms. The molecule has 1 aliphatic rings. The number of halogens is 1. The number of carbonyl (C=O) groups is 2. The molecule has 4 rings (SSSR count). The monoisotopic (exact) mass is 533 g/mol. The number of amidine groups is 1. The highest BCUT2D eigenvalue weighted by atomic mass is 35.5. The largest absolute Gasteiger partial charge is 0.493 e. The van der Waals surface area contributed by atoms with Crippen molar-refractivity contribution >= 4 is 52.2 Å². The normalized spacial score (nSPS) is 15.2. The van der Waals surface area contributed by atoms with E-state index in [2.05, 4.69) is 11.1 Å². The number of likely N-dealkylation sites (N-methyl/N-ethyl adjacent to an activating group) is 1. The number of hydrogen-bond donors (Lipinski definition) is 1. The van der Waals surface area contributed by atoms with Crippen molar-refractivity contribution in [3.63, 3.8) is 0 Å². The zero-order chi connectivity index (χ0) is 26.5. The van der Waals surface area contributed by atoms with E-state index in [4.69, 9.17) is 21.1 Å². The number of carboxylic acids is 1. The van der Waals surface area contributed by atoms with E-state index in [1.54, 1.807) is 55.6 Å². The first-order valence-corrected chi connectivity index (χ1v) is 12.1. The summed E-state index contributed by atoms with van der Waals surface area (Å²) in [6.07, 6.45) is 1.67. The number of aromatic carboxylic acids is 1. The van der Waals surface area contributed by atoms with Gasteiger partial charge in [0, 0.05) is 12.6 Å². The number of carbonyl (C=O) groups excluding carboxylic acids is 1. The highest BCUT2D eigenvalue weighted by molar-refractivity contribution is 8.18. The summed E-state index contributed by atoms with van der Waals surface area (Å²) in [4.78, 5) is 30.3. The van der Waals surface area contributed by atoms with Gasteiger partial charge in [-0.3, -0.25) is 9.69 Å². The van der Waals surface area contributed by atoms with Gasteiger partial charge in [-0.1, -0.05) is 35.9 Å². The smallest absolute Gasteiger partial charge is 0.335 e. The van der Waals surface area contributed by atoms with Crippen molar-refractivity contribution in [2.75, 3.05) is 14.2 Å². The lowest BCUT2D eigenvalue weighted by atomic mass is 10.1. The first kappa shape index (κ1) is 25.8. The Morgan fingerprint density at radius 3 is 2.73 bits per heavy atom. The highest BCUT2D eigenvalue weighted by Crippen LogP contribution is 2.39. The van der Waals surface area contributed by atoms with Crippen LogP contribution < -0.4 is 9.47 Å². The molecular weight excluding hydrogens is 514 g/mol. The molecule has 186 valence electrons. The predicted octanol–water partition coefficient (Wildman–Crippen LogP) is 5.73. The number of benzene rings is 3. The standard InChI is InChI=1S/C27H20ClN3O5S/c1-31-25(32)23(37-27(31)30-20-9-5-8-17(13-20)26(33)34)12-16-10-21(28)24(22(11-16)35-2)36-15-19-7-4-3-6-18(19)14-29/h3-13H,15H2,1-2H3,(H,33,34). The summed E-state index contributed by atoms with van der Waals surface area (Å²) in [6, 6.07) is 18.8. The first-order valence-electron chi connectivity index (χ1n) is 10.9. The molecule has 0 saturated carbocycles. The quantitative estimate of drug-likeness (QED) is 0.386. The van der Waals surface area contributed by atoms with E-state index in [-0.39, 0.29) is 23.1 Å². The molecule has 3 aromatic carbocycles. The van der Waals surface area contributed by atoms with Crippen molar-refractivity contribution in [3.05, 3.63) is 92.8 Å². The molecule has 0 bridgehead atoms. The minimum absolute atomic E-state index is 0.106. The molecule has 37 heavy (non-hydrogen) atoms. The van der Waals surface area contributed by atoms with E-state index in [1.165, 1.54) is 24.1 Å². The summed E-state index contributed by atoms with van der Waals surface area (Å²) in [5.41, 5.74) is 2.37. The molecule has 1 fully saturated rings. The van der Waals surface area contributed by atoms with Gasteiger partial charge in [0.15, 0.2) is 16.7 Å². The van der Waals surface area contributed by atoms with Crippen LogP contribution in [0.25, 0.3) is 6.08 Å². The van der Waals surface area contributed by atoms with Crippen LogP contribution in [0.3, 0.4) is 0 Å². The Hall–Kier alpha value is -4.26. The third-order valence-electron chi connectivity index (χ3n) is 5.38. The minimum atomic E-state index is -1.06. The molecule has 1 amide bonds. The van der Waals surface area contributed by atoms with Crippen molar-refractivity contribution in [2.45, 2.75) is 6.61 Å². The van der Waals surface area contributed by atoms with Crippen molar-refractivity contribution in [1.82, 2.24) is 4.90 Å². The summed E-state index contributed by atoms with van der Waals surface area (Å²) in [5.74, 6) is -0.626. The van der Waals surface area contributed by atoms with Gasteiger partial charge in [0.05, 0.1) is 39.9 Å². The summed E-state index contributed by atoms with van der Waals surface area (Å²) >= 11 is 7.67.